The number of nitrogens with zero attached hydrogens (tertiary/aromatic N) is 2. The zero-order valence-electron chi connectivity index (χ0n) is 19.2. The van der Waals surface area contributed by atoms with Gasteiger partial charge in [0.15, 0.2) is 9.84 Å². The molecule has 0 amide bonds. The first-order valence-corrected chi connectivity index (χ1v) is 13.0. The Morgan fingerprint density at radius 3 is 2.32 bits per heavy atom. The van der Waals surface area contributed by atoms with Crippen molar-refractivity contribution in [3.8, 4) is 0 Å². The molecule has 0 unspecified atom stereocenters. The number of hydrogen-bond donors (Lipinski definition) is 1. The minimum absolute atomic E-state index is 0.0151. The SMILES string of the molecule is CCCCC1(CCCC)CS(=O)(=O)c2ccc(N(C)C)cc2[C@@H](c2ccccn2)[C@H]1O. The van der Waals surface area contributed by atoms with Crippen molar-refractivity contribution in [1.29, 1.82) is 0 Å². The molecular formula is C25H36N2O3S. The Morgan fingerprint density at radius 1 is 1.10 bits per heavy atom. The molecule has 2 heterocycles. The van der Waals surface area contributed by atoms with Gasteiger partial charge in [0.2, 0.25) is 0 Å². The monoisotopic (exact) mass is 444 g/mol. The fourth-order valence-electron chi connectivity index (χ4n) is 4.91. The average Bonchev–Trinajstić information content (AvgIpc) is 2.82. The van der Waals surface area contributed by atoms with Crippen molar-refractivity contribution in [2.75, 3.05) is 24.7 Å². The molecular weight excluding hydrogens is 408 g/mol. The van der Waals surface area contributed by atoms with E-state index in [9.17, 15) is 13.5 Å². The van der Waals surface area contributed by atoms with Crippen molar-refractivity contribution in [1.82, 2.24) is 4.98 Å². The van der Waals surface area contributed by atoms with E-state index in [1.807, 2.05) is 49.3 Å². The first kappa shape index (κ1) is 23.7. The minimum Gasteiger partial charge on any atom is -0.391 e. The lowest BCUT2D eigenvalue weighted by Crippen LogP contribution is -2.43. The molecule has 2 aromatic rings. The lowest BCUT2D eigenvalue weighted by molar-refractivity contribution is 0.0119. The summed E-state index contributed by atoms with van der Waals surface area (Å²) in [5.41, 5.74) is 1.61. The van der Waals surface area contributed by atoms with Crippen LogP contribution in [0.15, 0.2) is 47.5 Å². The predicted octanol–water partition coefficient (Wildman–Crippen LogP) is 4.79. The molecule has 0 aliphatic carbocycles. The number of hydrogen-bond acceptors (Lipinski definition) is 5. The van der Waals surface area contributed by atoms with E-state index in [1.165, 1.54) is 0 Å². The van der Waals surface area contributed by atoms with Crippen LogP contribution in [-0.2, 0) is 9.84 Å². The number of unbranched alkanes of at least 4 members (excludes halogenated alkanes) is 2. The molecule has 170 valence electrons. The van der Waals surface area contributed by atoms with Crippen LogP contribution in [0.2, 0.25) is 0 Å². The van der Waals surface area contributed by atoms with Gasteiger partial charge in [-0.05, 0) is 48.7 Å². The Bertz CT molecular complexity index is 966. The standard InChI is InChI=1S/C25H36N2O3S/c1-5-7-14-25(15-8-6-2)18-31(29,30)22-13-12-19(27(3)4)17-20(22)23(24(25)28)21-11-9-10-16-26-21/h9-13,16-17,23-24,28H,5-8,14-15,18H2,1-4H3/t23-,24+/m0/s1. The molecule has 0 fully saturated rings. The van der Waals surface area contributed by atoms with Gasteiger partial charge >= 0.3 is 0 Å². The summed E-state index contributed by atoms with van der Waals surface area (Å²) >= 11 is 0. The third-order valence-corrected chi connectivity index (χ3v) is 8.66. The van der Waals surface area contributed by atoms with Crippen molar-refractivity contribution in [2.45, 2.75) is 69.3 Å². The Morgan fingerprint density at radius 2 is 1.77 bits per heavy atom. The van der Waals surface area contributed by atoms with Crippen LogP contribution in [0.3, 0.4) is 0 Å². The second-order valence-corrected chi connectivity index (χ2v) is 11.1. The molecule has 5 nitrogen and oxygen atoms in total. The van der Waals surface area contributed by atoms with E-state index >= 15 is 0 Å². The highest BCUT2D eigenvalue weighted by Gasteiger charge is 2.49. The van der Waals surface area contributed by atoms with Gasteiger partial charge in [0.25, 0.3) is 0 Å². The summed E-state index contributed by atoms with van der Waals surface area (Å²) < 4.78 is 27.4. The Balaban J connectivity index is 2.29. The summed E-state index contributed by atoms with van der Waals surface area (Å²) in [5.74, 6) is -0.499. The molecule has 1 aromatic heterocycles. The van der Waals surface area contributed by atoms with Gasteiger partial charge in [-0.1, -0.05) is 45.6 Å². The summed E-state index contributed by atoms with van der Waals surface area (Å²) in [6.07, 6.45) is 6.00. The van der Waals surface area contributed by atoms with E-state index in [2.05, 4.69) is 18.8 Å². The van der Waals surface area contributed by atoms with Crippen LogP contribution in [0, 0.1) is 5.41 Å². The minimum atomic E-state index is -3.57. The number of aliphatic hydroxyl groups is 1. The fourth-order valence-corrected chi connectivity index (χ4v) is 7.10. The number of benzene rings is 1. The molecule has 1 aromatic carbocycles. The maximum atomic E-state index is 13.7. The average molecular weight is 445 g/mol. The van der Waals surface area contributed by atoms with Crippen LogP contribution in [0.25, 0.3) is 0 Å². The normalized spacial score (nSPS) is 21.8. The van der Waals surface area contributed by atoms with Gasteiger partial charge < -0.3 is 10.0 Å². The van der Waals surface area contributed by atoms with Crippen LogP contribution in [-0.4, -0.2) is 44.5 Å². The Hall–Kier alpha value is -1.92. The van der Waals surface area contributed by atoms with E-state index in [0.29, 0.717) is 23.3 Å². The molecule has 0 saturated heterocycles. The second kappa shape index (κ2) is 9.70. The molecule has 1 aliphatic heterocycles. The van der Waals surface area contributed by atoms with Gasteiger partial charge in [-0.3, -0.25) is 4.98 Å². The van der Waals surface area contributed by atoms with Gasteiger partial charge in [0, 0.05) is 31.4 Å². The lowest BCUT2D eigenvalue weighted by Gasteiger charge is -2.40. The first-order valence-electron chi connectivity index (χ1n) is 11.4. The number of rotatable bonds is 8. The molecule has 0 radical (unpaired) electrons. The lowest BCUT2D eigenvalue weighted by atomic mass is 9.69. The van der Waals surface area contributed by atoms with Crippen LogP contribution < -0.4 is 4.90 Å². The van der Waals surface area contributed by atoms with Crippen molar-refractivity contribution in [2.24, 2.45) is 5.41 Å². The smallest absolute Gasteiger partial charge is 0.179 e. The van der Waals surface area contributed by atoms with Crippen LogP contribution in [0.4, 0.5) is 5.69 Å². The summed E-state index contributed by atoms with van der Waals surface area (Å²) in [6, 6.07) is 11.2. The van der Waals surface area contributed by atoms with E-state index in [4.69, 9.17) is 0 Å². The van der Waals surface area contributed by atoms with Gasteiger partial charge in [-0.2, -0.15) is 0 Å². The molecule has 6 heteroatoms. The highest BCUT2D eigenvalue weighted by Crippen LogP contribution is 2.49. The van der Waals surface area contributed by atoms with Crippen LogP contribution >= 0.6 is 0 Å². The highest BCUT2D eigenvalue weighted by molar-refractivity contribution is 7.91. The fraction of sp³-hybridized carbons (Fsp3) is 0.560. The molecule has 2 atom stereocenters. The van der Waals surface area contributed by atoms with Gasteiger partial charge in [-0.25, -0.2) is 8.42 Å². The topological polar surface area (TPSA) is 70.5 Å². The predicted molar refractivity (Wildman–Crippen MR) is 126 cm³/mol. The summed E-state index contributed by atoms with van der Waals surface area (Å²) in [4.78, 5) is 6.87. The van der Waals surface area contributed by atoms with Crippen molar-refractivity contribution in [3.05, 3.63) is 53.9 Å². The number of anilines is 1. The second-order valence-electron chi connectivity index (χ2n) is 9.12. The van der Waals surface area contributed by atoms with Gasteiger partial charge in [0.1, 0.15) is 0 Å². The Kier molecular flexibility index (Phi) is 7.43. The maximum Gasteiger partial charge on any atom is 0.179 e. The molecule has 0 spiro atoms. The number of sulfone groups is 1. The summed E-state index contributed by atoms with van der Waals surface area (Å²) in [6.45, 7) is 4.22. The third kappa shape index (κ3) is 4.80. The molecule has 1 aliphatic rings. The van der Waals surface area contributed by atoms with Crippen molar-refractivity contribution in [3.63, 3.8) is 0 Å². The molecule has 3 rings (SSSR count). The first-order chi connectivity index (χ1) is 14.8. The molecule has 0 bridgehead atoms. The zero-order chi connectivity index (χ0) is 22.6. The van der Waals surface area contributed by atoms with E-state index in [-0.39, 0.29) is 5.75 Å². The number of fused-ring (bicyclic) bond motifs is 1. The third-order valence-electron chi connectivity index (χ3n) is 6.66. The number of aliphatic hydroxyl groups excluding tert-OH is 1. The quantitative estimate of drug-likeness (QED) is 0.634. The van der Waals surface area contributed by atoms with Gasteiger partial charge in [0.05, 0.1) is 28.4 Å². The summed E-state index contributed by atoms with van der Waals surface area (Å²) in [5, 5.41) is 12.0. The van der Waals surface area contributed by atoms with Crippen molar-refractivity contribution >= 4 is 15.5 Å². The van der Waals surface area contributed by atoms with E-state index < -0.39 is 27.3 Å². The van der Waals surface area contributed by atoms with E-state index in [0.717, 1.165) is 37.1 Å². The van der Waals surface area contributed by atoms with Crippen LogP contribution in [0.1, 0.15) is 69.5 Å². The largest absolute Gasteiger partial charge is 0.391 e. The zero-order valence-corrected chi connectivity index (χ0v) is 20.0. The highest BCUT2D eigenvalue weighted by atomic mass is 32.2. The molecule has 1 N–H and O–H groups in total. The van der Waals surface area contributed by atoms with E-state index in [1.54, 1.807) is 12.3 Å². The number of pyridine rings is 1. The van der Waals surface area contributed by atoms with Gasteiger partial charge in [-0.15, -0.1) is 0 Å². The molecule has 31 heavy (non-hydrogen) atoms. The van der Waals surface area contributed by atoms with Crippen molar-refractivity contribution < 1.29 is 13.5 Å². The number of aromatic nitrogens is 1. The summed E-state index contributed by atoms with van der Waals surface area (Å²) in [7, 11) is 0.303. The van der Waals surface area contributed by atoms with Crippen LogP contribution in [0.5, 0.6) is 0 Å². The molecule has 0 saturated carbocycles. The Labute approximate surface area is 187 Å². The maximum absolute atomic E-state index is 13.7.